The molecule has 0 aromatic carbocycles. The lowest BCUT2D eigenvalue weighted by Crippen LogP contribution is -2.34. The van der Waals surface area contributed by atoms with Crippen LogP contribution in [0, 0.1) is 0 Å². The van der Waals surface area contributed by atoms with Crippen LogP contribution in [0.4, 0.5) is 0 Å². The summed E-state index contributed by atoms with van der Waals surface area (Å²) < 4.78 is 0. The Hall–Kier alpha value is 0.270. The molecule has 2 nitrogen and oxygen atoms in total. The van der Waals surface area contributed by atoms with Crippen molar-refractivity contribution in [1.29, 1.82) is 0 Å². The van der Waals surface area contributed by atoms with Gasteiger partial charge in [-0.2, -0.15) is 11.8 Å². The van der Waals surface area contributed by atoms with Gasteiger partial charge in [0.1, 0.15) is 0 Å². The molecule has 0 aliphatic carbocycles. The molecule has 0 aromatic rings. The molecule has 0 amide bonds. The average molecular weight is 214 g/mol. The van der Waals surface area contributed by atoms with Crippen LogP contribution >= 0.6 is 11.8 Å². The Bertz CT molecular complexity index is 169. The van der Waals surface area contributed by atoms with Crippen LogP contribution in [0.1, 0.15) is 26.2 Å². The topological polar surface area (TPSA) is 15.3 Å². The summed E-state index contributed by atoms with van der Waals surface area (Å²) in [5.41, 5.74) is 0. The van der Waals surface area contributed by atoms with Crippen LogP contribution in [0.3, 0.4) is 0 Å². The maximum absolute atomic E-state index is 3.55. The number of nitrogens with one attached hydrogen (secondary N) is 1. The first kappa shape index (κ1) is 10.8. The standard InChI is InChI=1S/C11H22N2S/c1-2-12-10-5-6-13(8-10)9-11-4-3-7-14-11/h10-12H,2-9H2,1H3. The number of likely N-dealkylation sites (tertiary alicyclic amines) is 1. The van der Waals surface area contributed by atoms with Crippen molar-refractivity contribution < 1.29 is 0 Å². The zero-order valence-corrected chi connectivity index (χ0v) is 9.98. The lowest BCUT2D eigenvalue weighted by molar-refractivity contribution is 0.327. The molecular formula is C11H22N2S. The average Bonchev–Trinajstić information content (AvgIpc) is 2.79. The monoisotopic (exact) mass is 214 g/mol. The Morgan fingerprint density at radius 1 is 1.43 bits per heavy atom. The quantitative estimate of drug-likeness (QED) is 0.765. The van der Waals surface area contributed by atoms with Crippen molar-refractivity contribution in [1.82, 2.24) is 10.2 Å². The van der Waals surface area contributed by atoms with E-state index >= 15 is 0 Å². The fourth-order valence-corrected chi connectivity index (χ4v) is 3.85. The molecule has 2 aliphatic heterocycles. The highest BCUT2D eigenvalue weighted by Crippen LogP contribution is 2.27. The number of rotatable bonds is 4. The van der Waals surface area contributed by atoms with E-state index in [2.05, 4.69) is 28.9 Å². The van der Waals surface area contributed by atoms with Crippen LogP contribution in [0.15, 0.2) is 0 Å². The van der Waals surface area contributed by atoms with Crippen molar-refractivity contribution in [3.05, 3.63) is 0 Å². The first-order chi connectivity index (χ1) is 6.88. The number of hydrogen-bond donors (Lipinski definition) is 1. The highest BCUT2D eigenvalue weighted by molar-refractivity contribution is 8.00. The van der Waals surface area contributed by atoms with Gasteiger partial charge in [0.15, 0.2) is 0 Å². The Kier molecular flexibility index (Phi) is 4.14. The highest BCUT2D eigenvalue weighted by Gasteiger charge is 2.25. The van der Waals surface area contributed by atoms with E-state index in [1.807, 2.05) is 0 Å². The molecule has 82 valence electrons. The Morgan fingerprint density at radius 3 is 3.07 bits per heavy atom. The minimum atomic E-state index is 0.770. The van der Waals surface area contributed by atoms with Gasteiger partial charge in [0.2, 0.25) is 0 Å². The summed E-state index contributed by atoms with van der Waals surface area (Å²) in [5, 5.41) is 4.49. The third-order valence-electron chi connectivity index (χ3n) is 3.25. The van der Waals surface area contributed by atoms with E-state index in [1.54, 1.807) is 0 Å². The largest absolute Gasteiger partial charge is 0.313 e. The molecule has 2 rings (SSSR count). The fourth-order valence-electron chi connectivity index (χ4n) is 2.53. The molecule has 0 bridgehead atoms. The molecule has 2 saturated heterocycles. The van der Waals surface area contributed by atoms with Gasteiger partial charge in [0.25, 0.3) is 0 Å². The van der Waals surface area contributed by atoms with Gasteiger partial charge in [-0.25, -0.2) is 0 Å². The summed E-state index contributed by atoms with van der Waals surface area (Å²) >= 11 is 2.18. The molecule has 2 unspecified atom stereocenters. The van der Waals surface area contributed by atoms with E-state index in [0.29, 0.717) is 0 Å². The molecule has 1 N–H and O–H groups in total. The van der Waals surface area contributed by atoms with E-state index in [0.717, 1.165) is 17.8 Å². The molecule has 14 heavy (non-hydrogen) atoms. The van der Waals surface area contributed by atoms with Crippen molar-refractivity contribution in [3.63, 3.8) is 0 Å². The van der Waals surface area contributed by atoms with E-state index in [4.69, 9.17) is 0 Å². The maximum Gasteiger partial charge on any atom is 0.0207 e. The van der Waals surface area contributed by atoms with Crippen molar-refractivity contribution in [2.24, 2.45) is 0 Å². The number of likely N-dealkylation sites (N-methyl/N-ethyl adjacent to an activating group) is 1. The fraction of sp³-hybridized carbons (Fsp3) is 1.00. The van der Waals surface area contributed by atoms with E-state index in [9.17, 15) is 0 Å². The Balaban J connectivity index is 1.67. The lowest BCUT2D eigenvalue weighted by Gasteiger charge is -2.19. The second-order valence-corrected chi connectivity index (χ2v) is 5.85. The van der Waals surface area contributed by atoms with Gasteiger partial charge in [-0.1, -0.05) is 6.92 Å². The first-order valence-corrected chi connectivity index (χ1v) is 7.00. The van der Waals surface area contributed by atoms with Crippen LogP contribution < -0.4 is 5.32 Å². The third kappa shape index (κ3) is 2.88. The summed E-state index contributed by atoms with van der Waals surface area (Å²) in [6.45, 7) is 7.26. The predicted molar refractivity (Wildman–Crippen MR) is 64.0 cm³/mol. The number of hydrogen-bond acceptors (Lipinski definition) is 3. The molecule has 2 aliphatic rings. The van der Waals surface area contributed by atoms with Crippen LogP contribution in [-0.2, 0) is 0 Å². The Morgan fingerprint density at radius 2 is 2.36 bits per heavy atom. The minimum Gasteiger partial charge on any atom is -0.313 e. The van der Waals surface area contributed by atoms with Crippen molar-refractivity contribution in [2.75, 3.05) is 31.9 Å². The number of thioether (sulfide) groups is 1. The van der Waals surface area contributed by atoms with Crippen molar-refractivity contribution >= 4 is 11.8 Å². The zero-order valence-electron chi connectivity index (χ0n) is 9.17. The second-order valence-electron chi connectivity index (χ2n) is 4.44. The van der Waals surface area contributed by atoms with Gasteiger partial charge >= 0.3 is 0 Å². The van der Waals surface area contributed by atoms with Gasteiger partial charge < -0.3 is 10.2 Å². The van der Waals surface area contributed by atoms with Crippen molar-refractivity contribution in [3.8, 4) is 0 Å². The van der Waals surface area contributed by atoms with E-state index in [1.165, 1.54) is 44.6 Å². The van der Waals surface area contributed by atoms with Crippen molar-refractivity contribution in [2.45, 2.75) is 37.5 Å². The molecule has 3 heteroatoms. The molecule has 2 fully saturated rings. The van der Waals surface area contributed by atoms with Crippen LogP contribution in [0.5, 0.6) is 0 Å². The molecule has 2 heterocycles. The summed E-state index contributed by atoms with van der Waals surface area (Å²) in [5.74, 6) is 1.40. The summed E-state index contributed by atoms with van der Waals surface area (Å²) in [6.07, 6.45) is 4.25. The number of nitrogens with zero attached hydrogens (tertiary/aromatic N) is 1. The van der Waals surface area contributed by atoms with Gasteiger partial charge in [0.05, 0.1) is 0 Å². The molecule has 0 aromatic heterocycles. The molecule has 2 atom stereocenters. The normalized spacial score (nSPS) is 34.1. The molecule has 0 saturated carbocycles. The van der Waals surface area contributed by atoms with Gasteiger partial charge in [-0.3, -0.25) is 0 Å². The highest BCUT2D eigenvalue weighted by atomic mass is 32.2. The Labute approximate surface area is 91.8 Å². The summed E-state index contributed by atoms with van der Waals surface area (Å²) in [4.78, 5) is 2.65. The summed E-state index contributed by atoms with van der Waals surface area (Å²) in [7, 11) is 0. The zero-order chi connectivity index (χ0) is 9.80. The van der Waals surface area contributed by atoms with E-state index < -0.39 is 0 Å². The molecular weight excluding hydrogens is 192 g/mol. The van der Waals surface area contributed by atoms with Crippen LogP contribution in [0.25, 0.3) is 0 Å². The van der Waals surface area contributed by atoms with Gasteiger partial charge in [-0.15, -0.1) is 0 Å². The molecule has 0 radical (unpaired) electrons. The van der Waals surface area contributed by atoms with Crippen LogP contribution in [-0.4, -0.2) is 48.1 Å². The van der Waals surface area contributed by atoms with Gasteiger partial charge in [0, 0.05) is 24.4 Å². The second kappa shape index (κ2) is 5.38. The maximum atomic E-state index is 3.55. The SMILES string of the molecule is CCNC1CCN(CC2CCCS2)C1. The first-order valence-electron chi connectivity index (χ1n) is 5.96. The predicted octanol–water partition coefficient (Wildman–Crippen LogP) is 1.57. The minimum absolute atomic E-state index is 0.770. The molecule has 0 spiro atoms. The third-order valence-corrected chi connectivity index (χ3v) is 4.63. The summed E-state index contributed by atoms with van der Waals surface area (Å²) in [6, 6.07) is 0.770. The van der Waals surface area contributed by atoms with Gasteiger partial charge in [-0.05, 0) is 38.1 Å². The van der Waals surface area contributed by atoms with Crippen LogP contribution in [0.2, 0.25) is 0 Å². The smallest absolute Gasteiger partial charge is 0.0207 e. The lowest BCUT2D eigenvalue weighted by atomic mass is 10.2. The van der Waals surface area contributed by atoms with E-state index in [-0.39, 0.29) is 0 Å².